The Bertz CT molecular complexity index is 542. The minimum Gasteiger partial charge on any atom is -0.372 e. The van der Waals surface area contributed by atoms with E-state index in [-0.39, 0.29) is 5.82 Å². The molecule has 0 aliphatic rings. The normalized spacial score (nSPS) is 10.7. The van der Waals surface area contributed by atoms with Gasteiger partial charge in [0, 0.05) is 11.6 Å². The van der Waals surface area contributed by atoms with Crippen LogP contribution in [-0.2, 0) is 24.5 Å². The van der Waals surface area contributed by atoms with E-state index in [0.29, 0.717) is 24.8 Å². The predicted molar refractivity (Wildman–Crippen MR) is 74.2 cm³/mol. The predicted octanol–water partition coefficient (Wildman–Crippen LogP) is 3.65. The van der Waals surface area contributed by atoms with E-state index in [2.05, 4.69) is 0 Å². The van der Waals surface area contributed by atoms with Crippen LogP contribution in [0.4, 0.5) is 4.39 Å². The molecule has 2 N–H and O–H groups in total. The van der Waals surface area contributed by atoms with E-state index in [1.165, 1.54) is 12.1 Å². The second-order valence-corrected chi connectivity index (χ2v) is 4.73. The number of hydrogen-bond acceptors (Lipinski definition) is 2. The van der Waals surface area contributed by atoms with E-state index in [1.54, 1.807) is 0 Å². The molecular weight excluding hydrogens is 265 g/mol. The Morgan fingerprint density at radius 1 is 0.947 bits per heavy atom. The molecule has 2 rings (SSSR count). The number of benzene rings is 2. The van der Waals surface area contributed by atoms with Gasteiger partial charge in [-0.1, -0.05) is 29.8 Å². The van der Waals surface area contributed by atoms with E-state index < -0.39 is 0 Å². The van der Waals surface area contributed by atoms with Crippen LogP contribution in [0.5, 0.6) is 0 Å². The van der Waals surface area contributed by atoms with Gasteiger partial charge < -0.3 is 10.5 Å². The van der Waals surface area contributed by atoms with Crippen LogP contribution in [0.1, 0.15) is 16.7 Å². The lowest BCUT2D eigenvalue weighted by Gasteiger charge is -2.07. The fraction of sp³-hybridized carbons (Fsp3) is 0.200. The lowest BCUT2D eigenvalue weighted by atomic mass is 10.1. The van der Waals surface area contributed by atoms with Crippen molar-refractivity contribution < 1.29 is 9.13 Å². The van der Waals surface area contributed by atoms with Crippen molar-refractivity contribution in [3.05, 3.63) is 70.0 Å². The van der Waals surface area contributed by atoms with Gasteiger partial charge in [-0.15, -0.1) is 0 Å². The molecule has 100 valence electrons. The summed E-state index contributed by atoms with van der Waals surface area (Å²) >= 11 is 5.80. The van der Waals surface area contributed by atoms with Crippen molar-refractivity contribution in [2.75, 3.05) is 0 Å². The average Bonchev–Trinajstić information content (AvgIpc) is 2.40. The van der Waals surface area contributed by atoms with Gasteiger partial charge in [0.1, 0.15) is 5.82 Å². The van der Waals surface area contributed by atoms with Crippen molar-refractivity contribution in [1.29, 1.82) is 0 Å². The van der Waals surface area contributed by atoms with Crippen LogP contribution in [0.15, 0.2) is 42.5 Å². The van der Waals surface area contributed by atoms with Gasteiger partial charge in [0.25, 0.3) is 0 Å². The van der Waals surface area contributed by atoms with Crippen LogP contribution in [0.25, 0.3) is 0 Å². The first-order valence-electron chi connectivity index (χ1n) is 5.98. The lowest BCUT2D eigenvalue weighted by Crippen LogP contribution is -2.00. The molecule has 0 atom stereocenters. The topological polar surface area (TPSA) is 35.2 Å². The van der Waals surface area contributed by atoms with Gasteiger partial charge >= 0.3 is 0 Å². The molecule has 0 spiro atoms. The summed E-state index contributed by atoms with van der Waals surface area (Å²) in [5.41, 5.74) is 8.08. The van der Waals surface area contributed by atoms with Crippen molar-refractivity contribution >= 4 is 11.6 Å². The Balaban J connectivity index is 1.92. The number of halogens is 2. The first kappa shape index (κ1) is 14.0. The molecule has 0 unspecified atom stereocenters. The van der Waals surface area contributed by atoms with Gasteiger partial charge in [0.05, 0.1) is 13.2 Å². The van der Waals surface area contributed by atoms with Gasteiger partial charge in [-0.25, -0.2) is 4.39 Å². The maximum Gasteiger partial charge on any atom is 0.123 e. The fourth-order valence-corrected chi connectivity index (χ4v) is 1.91. The molecule has 2 aromatic carbocycles. The van der Waals surface area contributed by atoms with Crippen LogP contribution < -0.4 is 5.73 Å². The van der Waals surface area contributed by atoms with Crippen molar-refractivity contribution in [3.63, 3.8) is 0 Å². The Morgan fingerprint density at radius 3 is 2.26 bits per heavy atom. The van der Waals surface area contributed by atoms with E-state index in [9.17, 15) is 4.39 Å². The lowest BCUT2D eigenvalue weighted by molar-refractivity contribution is 0.107. The molecule has 2 nitrogen and oxygen atoms in total. The third-order valence-corrected chi connectivity index (χ3v) is 2.96. The van der Waals surface area contributed by atoms with Crippen LogP contribution in [0, 0.1) is 5.82 Å². The van der Waals surface area contributed by atoms with Gasteiger partial charge in [0.2, 0.25) is 0 Å². The Morgan fingerprint density at radius 2 is 1.58 bits per heavy atom. The monoisotopic (exact) mass is 279 g/mol. The third-order valence-electron chi connectivity index (χ3n) is 2.70. The summed E-state index contributed by atoms with van der Waals surface area (Å²) in [6.07, 6.45) is 0. The zero-order chi connectivity index (χ0) is 13.7. The second-order valence-electron chi connectivity index (χ2n) is 4.29. The molecule has 0 fully saturated rings. The second kappa shape index (κ2) is 6.66. The summed E-state index contributed by atoms with van der Waals surface area (Å²) in [6.45, 7) is 1.14. The molecule has 0 heterocycles. The summed E-state index contributed by atoms with van der Waals surface area (Å²) in [5.74, 6) is -0.284. The minimum atomic E-state index is -0.284. The summed E-state index contributed by atoms with van der Waals surface area (Å²) in [6, 6.07) is 12.2. The molecule has 0 aliphatic heterocycles. The average molecular weight is 280 g/mol. The van der Waals surface area contributed by atoms with Crippen molar-refractivity contribution in [2.45, 2.75) is 19.8 Å². The van der Waals surface area contributed by atoms with Crippen LogP contribution >= 0.6 is 11.6 Å². The van der Waals surface area contributed by atoms with Crippen molar-refractivity contribution in [2.24, 2.45) is 5.73 Å². The molecule has 19 heavy (non-hydrogen) atoms. The molecule has 0 saturated carbocycles. The zero-order valence-corrected chi connectivity index (χ0v) is 11.2. The first-order chi connectivity index (χ1) is 9.17. The van der Waals surface area contributed by atoms with Crippen LogP contribution in [0.2, 0.25) is 5.02 Å². The number of nitrogens with two attached hydrogens (primary N) is 1. The Kier molecular flexibility index (Phi) is 4.91. The first-order valence-corrected chi connectivity index (χ1v) is 6.36. The van der Waals surface area contributed by atoms with E-state index in [1.807, 2.05) is 30.3 Å². The Hall–Kier alpha value is -1.42. The zero-order valence-electron chi connectivity index (χ0n) is 10.4. The number of hydrogen-bond donors (Lipinski definition) is 1. The highest BCUT2D eigenvalue weighted by atomic mass is 35.5. The molecular formula is C15H15ClFNO. The number of ether oxygens (including phenoxy) is 1. The molecule has 0 radical (unpaired) electrons. The molecule has 2 aromatic rings. The SMILES string of the molecule is NCc1cc(F)cc(COCc2ccc(Cl)cc2)c1. The van der Waals surface area contributed by atoms with E-state index in [4.69, 9.17) is 22.1 Å². The highest BCUT2D eigenvalue weighted by Gasteiger charge is 2.01. The molecule has 0 saturated heterocycles. The highest BCUT2D eigenvalue weighted by molar-refractivity contribution is 6.30. The molecule has 4 heteroatoms. The molecule has 0 aliphatic carbocycles. The third kappa shape index (κ3) is 4.31. The van der Waals surface area contributed by atoms with Crippen molar-refractivity contribution in [1.82, 2.24) is 0 Å². The molecule has 0 aromatic heterocycles. The minimum absolute atomic E-state index is 0.284. The maximum atomic E-state index is 13.3. The Labute approximate surface area is 117 Å². The van der Waals surface area contributed by atoms with Gasteiger partial charge in [-0.05, 0) is 41.0 Å². The molecule has 0 bridgehead atoms. The summed E-state index contributed by atoms with van der Waals surface area (Å²) in [5, 5.41) is 0.696. The summed E-state index contributed by atoms with van der Waals surface area (Å²) in [7, 11) is 0. The number of rotatable bonds is 5. The molecule has 0 amide bonds. The summed E-state index contributed by atoms with van der Waals surface area (Å²) < 4.78 is 18.8. The van der Waals surface area contributed by atoms with Gasteiger partial charge in [-0.3, -0.25) is 0 Å². The van der Waals surface area contributed by atoms with Gasteiger partial charge in [-0.2, -0.15) is 0 Å². The van der Waals surface area contributed by atoms with Crippen LogP contribution in [0.3, 0.4) is 0 Å². The van der Waals surface area contributed by atoms with E-state index >= 15 is 0 Å². The largest absolute Gasteiger partial charge is 0.372 e. The van der Waals surface area contributed by atoms with Crippen LogP contribution in [-0.4, -0.2) is 0 Å². The maximum absolute atomic E-state index is 13.3. The highest BCUT2D eigenvalue weighted by Crippen LogP contribution is 2.13. The van der Waals surface area contributed by atoms with Crippen molar-refractivity contribution in [3.8, 4) is 0 Å². The van der Waals surface area contributed by atoms with Gasteiger partial charge in [0.15, 0.2) is 0 Å². The summed E-state index contributed by atoms with van der Waals surface area (Å²) in [4.78, 5) is 0. The van der Waals surface area contributed by atoms with E-state index in [0.717, 1.165) is 16.7 Å². The standard InChI is InChI=1S/C15H15ClFNO/c16-14-3-1-11(2-4-14)9-19-10-13-5-12(8-18)6-15(17)7-13/h1-7H,8-10,18H2. The fourth-order valence-electron chi connectivity index (χ4n) is 1.79. The smallest absolute Gasteiger partial charge is 0.123 e. The quantitative estimate of drug-likeness (QED) is 0.907.